The smallest absolute Gasteiger partial charge is 0.408 e. The molecule has 0 aromatic heterocycles. The Hall–Kier alpha value is -3.64. The molecule has 0 saturated heterocycles. The lowest BCUT2D eigenvalue weighted by Crippen LogP contribution is -2.47. The first-order chi connectivity index (χ1) is 16.2. The first-order valence-electron chi connectivity index (χ1n) is 11.3. The predicted molar refractivity (Wildman–Crippen MR) is 128 cm³/mol. The number of carbonyl (C=O) groups excluding carboxylic acids is 2. The van der Waals surface area contributed by atoms with Crippen LogP contribution < -0.4 is 16.4 Å². The fourth-order valence-corrected chi connectivity index (χ4v) is 4.22. The molecule has 3 aromatic rings. The topological polar surface area (TPSA) is 93.4 Å². The summed E-state index contributed by atoms with van der Waals surface area (Å²) in [6, 6.07) is 24.6. The molecule has 0 radical (unpaired) electrons. The Bertz CT molecular complexity index is 1060. The number of nitrogens with one attached hydrogen (secondary N) is 2. The molecule has 0 bridgehead atoms. The van der Waals surface area contributed by atoms with Crippen LogP contribution in [0.15, 0.2) is 78.9 Å². The molecular weight excluding hydrogens is 414 g/mol. The minimum absolute atomic E-state index is 0.146. The molecule has 1 aliphatic carbocycles. The Morgan fingerprint density at radius 3 is 2.09 bits per heavy atom. The molecule has 6 nitrogen and oxygen atoms in total. The Morgan fingerprint density at radius 2 is 1.45 bits per heavy atom. The van der Waals surface area contributed by atoms with E-state index in [2.05, 4.69) is 22.8 Å². The third-order valence-electron chi connectivity index (χ3n) is 5.89. The number of carbonyl (C=O) groups is 2. The van der Waals surface area contributed by atoms with Crippen LogP contribution in [0.5, 0.6) is 0 Å². The number of fused-ring (bicyclic) bond motifs is 3. The summed E-state index contributed by atoms with van der Waals surface area (Å²) in [7, 11) is 0. The van der Waals surface area contributed by atoms with E-state index < -0.39 is 12.1 Å². The quantitative estimate of drug-likeness (QED) is 0.430. The average molecular weight is 444 g/mol. The van der Waals surface area contributed by atoms with Gasteiger partial charge in [-0.15, -0.1) is 0 Å². The Labute approximate surface area is 194 Å². The van der Waals surface area contributed by atoms with Gasteiger partial charge in [0.25, 0.3) is 0 Å². The fraction of sp³-hybridized carbons (Fsp3) is 0.259. The van der Waals surface area contributed by atoms with Crippen LogP contribution in [0.25, 0.3) is 11.1 Å². The fourth-order valence-electron chi connectivity index (χ4n) is 4.22. The zero-order valence-corrected chi connectivity index (χ0v) is 18.5. The maximum Gasteiger partial charge on any atom is 0.408 e. The van der Waals surface area contributed by atoms with Gasteiger partial charge in [0.1, 0.15) is 12.6 Å². The van der Waals surface area contributed by atoms with Gasteiger partial charge in [-0.1, -0.05) is 78.9 Å². The van der Waals surface area contributed by atoms with Crippen molar-refractivity contribution in [2.45, 2.75) is 38.0 Å². The number of benzene rings is 3. The standard InChI is InChI=1S/C27H29N3O3/c28-17-9-8-16-24(29-27(32)33-18-19-10-2-1-3-11-19)26(31)30-25-22-14-6-4-12-20(22)21-13-5-7-15-23(21)25/h1-7,10-15,24-25H,8-9,16-18,28H2,(H,29,32)(H,30,31)/t24-/m0/s1. The molecule has 4 rings (SSSR count). The molecule has 1 atom stereocenters. The summed E-state index contributed by atoms with van der Waals surface area (Å²) in [6.45, 7) is 0.684. The minimum atomic E-state index is -0.709. The highest BCUT2D eigenvalue weighted by molar-refractivity contribution is 5.88. The lowest BCUT2D eigenvalue weighted by molar-refractivity contribution is -0.123. The van der Waals surface area contributed by atoms with Crippen molar-refractivity contribution in [1.29, 1.82) is 0 Å². The second-order valence-corrected chi connectivity index (χ2v) is 8.16. The Balaban J connectivity index is 1.46. The monoisotopic (exact) mass is 443 g/mol. The molecule has 4 N–H and O–H groups in total. The molecule has 2 amide bonds. The van der Waals surface area contributed by atoms with Crippen LogP contribution in [-0.4, -0.2) is 24.6 Å². The van der Waals surface area contributed by atoms with Crippen LogP contribution in [0.1, 0.15) is 42.0 Å². The summed E-state index contributed by atoms with van der Waals surface area (Å²) >= 11 is 0. The van der Waals surface area contributed by atoms with Gasteiger partial charge in [0.15, 0.2) is 0 Å². The summed E-state index contributed by atoms with van der Waals surface area (Å²) in [4.78, 5) is 25.8. The molecule has 3 aromatic carbocycles. The van der Waals surface area contributed by atoms with E-state index in [1.165, 1.54) is 0 Å². The molecule has 0 fully saturated rings. The van der Waals surface area contributed by atoms with E-state index in [-0.39, 0.29) is 18.6 Å². The number of rotatable bonds is 9. The molecular formula is C27H29N3O3. The van der Waals surface area contributed by atoms with E-state index in [0.29, 0.717) is 13.0 Å². The highest BCUT2D eigenvalue weighted by Gasteiger charge is 2.31. The van der Waals surface area contributed by atoms with Gasteiger partial charge in [0, 0.05) is 0 Å². The van der Waals surface area contributed by atoms with Gasteiger partial charge in [0.2, 0.25) is 5.91 Å². The zero-order valence-electron chi connectivity index (χ0n) is 18.5. The number of alkyl carbamates (subject to hydrolysis) is 1. The van der Waals surface area contributed by atoms with Gasteiger partial charge in [-0.25, -0.2) is 4.79 Å². The van der Waals surface area contributed by atoms with Crippen molar-refractivity contribution in [2.24, 2.45) is 5.73 Å². The number of hydrogen-bond acceptors (Lipinski definition) is 4. The van der Waals surface area contributed by atoms with Gasteiger partial charge in [-0.05, 0) is 53.6 Å². The predicted octanol–water partition coefficient (Wildman–Crippen LogP) is 4.30. The molecule has 0 saturated carbocycles. The summed E-state index contributed by atoms with van der Waals surface area (Å²) in [5.74, 6) is -0.236. The number of amides is 2. The Morgan fingerprint density at radius 1 is 0.848 bits per heavy atom. The lowest BCUT2D eigenvalue weighted by Gasteiger charge is -2.22. The van der Waals surface area contributed by atoms with E-state index in [1.807, 2.05) is 66.7 Å². The minimum Gasteiger partial charge on any atom is -0.445 e. The molecule has 0 heterocycles. The van der Waals surface area contributed by atoms with Crippen LogP contribution in [-0.2, 0) is 16.1 Å². The number of nitrogens with two attached hydrogens (primary N) is 1. The van der Waals surface area contributed by atoms with Crippen LogP contribution in [0.3, 0.4) is 0 Å². The van der Waals surface area contributed by atoms with Crippen molar-refractivity contribution in [3.8, 4) is 11.1 Å². The third-order valence-corrected chi connectivity index (χ3v) is 5.89. The number of hydrogen-bond donors (Lipinski definition) is 3. The van der Waals surface area contributed by atoms with Gasteiger partial charge in [-0.2, -0.15) is 0 Å². The van der Waals surface area contributed by atoms with Gasteiger partial charge >= 0.3 is 6.09 Å². The first kappa shape index (κ1) is 22.6. The molecule has 1 aliphatic rings. The van der Waals surface area contributed by atoms with Crippen molar-refractivity contribution >= 4 is 12.0 Å². The summed E-state index contributed by atoms with van der Waals surface area (Å²) < 4.78 is 5.34. The lowest BCUT2D eigenvalue weighted by atomic mass is 10.0. The molecule has 6 heteroatoms. The number of ether oxygens (including phenoxy) is 1. The van der Waals surface area contributed by atoms with Gasteiger partial charge < -0.3 is 21.1 Å². The highest BCUT2D eigenvalue weighted by atomic mass is 16.5. The second-order valence-electron chi connectivity index (χ2n) is 8.16. The van der Waals surface area contributed by atoms with E-state index in [0.717, 1.165) is 40.7 Å². The molecule has 0 spiro atoms. The molecule has 0 unspecified atom stereocenters. The molecule has 0 aliphatic heterocycles. The van der Waals surface area contributed by atoms with E-state index in [4.69, 9.17) is 10.5 Å². The highest BCUT2D eigenvalue weighted by Crippen LogP contribution is 2.43. The van der Waals surface area contributed by atoms with E-state index >= 15 is 0 Å². The van der Waals surface area contributed by atoms with Crippen LogP contribution >= 0.6 is 0 Å². The SMILES string of the molecule is NCCCC[C@H](NC(=O)OCc1ccccc1)C(=O)NC1c2ccccc2-c2ccccc21. The van der Waals surface area contributed by atoms with Crippen LogP contribution in [0.4, 0.5) is 4.79 Å². The van der Waals surface area contributed by atoms with Gasteiger partial charge in [-0.3, -0.25) is 4.79 Å². The zero-order chi connectivity index (χ0) is 23.0. The normalized spacial score (nSPS) is 13.0. The van der Waals surface area contributed by atoms with Crippen LogP contribution in [0.2, 0.25) is 0 Å². The summed E-state index contributed by atoms with van der Waals surface area (Å²) in [6.07, 6.45) is 1.38. The summed E-state index contributed by atoms with van der Waals surface area (Å²) in [5, 5.41) is 5.91. The second kappa shape index (κ2) is 10.8. The number of unbranched alkanes of at least 4 members (excludes halogenated alkanes) is 1. The van der Waals surface area contributed by atoms with Crippen molar-refractivity contribution in [3.63, 3.8) is 0 Å². The van der Waals surface area contributed by atoms with Crippen molar-refractivity contribution in [1.82, 2.24) is 10.6 Å². The maximum atomic E-state index is 13.3. The van der Waals surface area contributed by atoms with Crippen molar-refractivity contribution in [3.05, 3.63) is 95.6 Å². The average Bonchev–Trinajstić information content (AvgIpc) is 3.16. The third kappa shape index (κ3) is 5.41. The Kier molecular flexibility index (Phi) is 7.37. The van der Waals surface area contributed by atoms with E-state index in [9.17, 15) is 9.59 Å². The van der Waals surface area contributed by atoms with Crippen molar-refractivity contribution in [2.75, 3.05) is 6.54 Å². The maximum absolute atomic E-state index is 13.3. The van der Waals surface area contributed by atoms with E-state index in [1.54, 1.807) is 0 Å². The van der Waals surface area contributed by atoms with Crippen molar-refractivity contribution < 1.29 is 14.3 Å². The van der Waals surface area contributed by atoms with Crippen LogP contribution in [0, 0.1) is 0 Å². The molecule has 33 heavy (non-hydrogen) atoms. The first-order valence-corrected chi connectivity index (χ1v) is 11.3. The largest absolute Gasteiger partial charge is 0.445 e. The summed E-state index contributed by atoms with van der Waals surface area (Å²) in [5.41, 5.74) is 10.9. The van der Waals surface area contributed by atoms with Gasteiger partial charge in [0.05, 0.1) is 6.04 Å². The molecule has 170 valence electrons.